The molecule has 0 aliphatic carbocycles. The van der Waals surface area contributed by atoms with Crippen LogP contribution < -0.4 is 9.47 Å². The van der Waals surface area contributed by atoms with Gasteiger partial charge in [0.2, 0.25) is 0 Å². The second-order valence-electron chi connectivity index (χ2n) is 7.66. The van der Waals surface area contributed by atoms with Gasteiger partial charge in [0.15, 0.2) is 11.5 Å². The lowest BCUT2D eigenvalue weighted by Crippen LogP contribution is -2.16. The first-order valence-electron chi connectivity index (χ1n) is 10.5. The highest BCUT2D eigenvalue weighted by molar-refractivity contribution is 9.10. The third kappa shape index (κ3) is 5.07. The molecule has 0 aliphatic heterocycles. The number of carbonyl (C=O) groups is 2. The summed E-state index contributed by atoms with van der Waals surface area (Å²) in [5.74, 6) is -0.301. The van der Waals surface area contributed by atoms with Gasteiger partial charge in [-0.05, 0) is 60.0 Å². The lowest BCUT2D eigenvalue weighted by Gasteiger charge is -2.19. The number of esters is 2. The van der Waals surface area contributed by atoms with Gasteiger partial charge < -0.3 is 18.9 Å². The number of pyridine rings is 1. The van der Waals surface area contributed by atoms with Crippen LogP contribution in [0.2, 0.25) is 0 Å². The maximum atomic E-state index is 12.7. The highest BCUT2D eigenvalue weighted by Gasteiger charge is 2.28. The van der Waals surface area contributed by atoms with Gasteiger partial charge in [0, 0.05) is 5.56 Å². The van der Waals surface area contributed by atoms with Crippen LogP contribution in [0.5, 0.6) is 11.5 Å². The van der Waals surface area contributed by atoms with Gasteiger partial charge in [-0.1, -0.05) is 29.8 Å². The van der Waals surface area contributed by atoms with Crippen molar-refractivity contribution < 1.29 is 28.5 Å². The van der Waals surface area contributed by atoms with Crippen LogP contribution in [0.4, 0.5) is 0 Å². The van der Waals surface area contributed by atoms with Gasteiger partial charge in [-0.3, -0.25) is 4.98 Å². The van der Waals surface area contributed by atoms with E-state index >= 15 is 0 Å². The Kier molecular flexibility index (Phi) is 7.94. The molecule has 34 heavy (non-hydrogen) atoms. The summed E-state index contributed by atoms with van der Waals surface area (Å²) in [5, 5.41) is 0. The molecule has 0 amide bonds. The van der Waals surface area contributed by atoms with E-state index in [0.29, 0.717) is 45.1 Å². The van der Waals surface area contributed by atoms with Gasteiger partial charge >= 0.3 is 11.9 Å². The molecule has 0 spiro atoms. The van der Waals surface area contributed by atoms with Crippen LogP contribution >= 0.6 is 15.9 Å². The van der Waals surface area contributed by atoms with E-state index in [1.165, 1.54) is 21.3 Å². The fraction of sp³-hybridized carbons (Fsp3) is 0.269. The number of aromatic nitrogens is 1. The minimum Gasteiger partial charge on any atom is -0.493 e. The average Bonchev–Trinajstić information content (AvgIpc) is 2.81. The molecule has 8 heteroatoms. The zero-order valence-electron chi connectivity index (χ0n) is 19.9. The quantitative estimate of drug-likeness (QED) is 0.370. The van der Waals surface area contributed by atoms with Gasteiger partial charge in [0.25, 0.3) is 0 Å². The number of halogens is 1. The summed E-state index contributed by atoms with van der Waals surface area (Å²) in [5.41, 5.74) is 4.26. The van der Waals surface area contributed by atoms with Crippen molar-refractivity contribution >= 4 is 27.9 Å². The molecule has 0 saturated heterocycles. The molecule has 1 heterocycles. The maximum absolute atomic E-state index is 12.7. The summed E-state index contributed by atoms with van der Waals surface area (Å²) in [6, 6.07) is 11.5. The molecule has 0 bridgehead atoms. The first kappa shape index (κ1) is 25.2. The summed E-state index contributed by atoms with van der Waals surface area (Å²) >= 11 is 3.57. The van der Waals surface area contributed by atoms with Gasteiger partial charge in [-0.25, -0.2) is 9.59 Å². The molecule has 0 atom stereocenters. The van der Waals surface area contributed by atoms with E-state index in [4.69, 9.17) is 18.9 Å². The smallest absolute Gasteiger partial charge is 0.340 e. The summed E-state index contributed by atoms with van der Waals surface area (Å²) in [7, 11) is 4.08. The minimum absolute atomic E-state index is 0.177. The normalized spacial score (nSPS) is 10.6. The molecule has 7 nitrogen and oxygen atoms in total. The SMILES string of the molecule is COC(=O)c1c(C)nc(C)c(C(=O)OC)c1-c1cc(Br)c(OCc2cccc(C)c2)c(OC)c1. The number of hydrogen-bond donors (Lipinski definition) is 0. The van der Waals surface area contributed by atoms with Crippen molar-refractivity contribution in [2.24, 2.45) is 0 Å². The number of ether oxygens (including phenoxy) is 4. The number of rotatable bonds is 7. The molecule has 0 radical (unpaired) electrons. The molecule has 3 rings (SSSR count). The summed E-state index contributed by atoms with van der Waals surface area (Å²) < 4.78 is 22.3. The Hall–Kier alpha value is -3.39. The summed E-state index contributed by atoms with van der Waals surface area (Å²) in [4.78, 5) is 29.8. The van der Waals surface area contributed by atoms with Crippen LogP contribution in [0, 0.1) is 20.8 Å². The Labute approximate surface area is 207 Å². The van der Waals surface area contributed by atoms with Crippen LogP contribution in [0.3, 0.4) is 0 Å². The Morgan fingerprint density at radius 2 is 1.53 bits per heavy atom. The zero-order chi connectivity index (χ0) is 25.0. The molecule has 0 aliphatic rings. The van der Waals surface area contributed by atoms with Crippen LogP contribution in [-0.4, -0.2) is 38.3 Å². The van der Waals surface area contributed by atoms with E-state index < -0.39 is 11.9 Å². The summed E-state index contributed by atoms with van der Waals surface area (Å²) in [6.45, 7) is 5.74. The molecule has 178 valence electrons. The monoisotopic (exact) mass is 527 g/mol. The van der Waals surface area contributed by atoms with Crippen molar-refractivity contribution in [3.8, 4) is 22.6 Å². The Bertz CT molecular complexity index is 1210. The molecular weight excluding hydrogens is 502 g/mol. The van der Waals surface area contributed by atoms with Crippen molar-refractivity contribution in [3.05, 3.63) is 74.5 Å². The van der Waals surface area contributed by atoms with Crippen LogP contribution in [0.1, 0.15) is 43.2 Å². The number of methoxy groups -OCH3 is 3. The van der Waals surface area contributed by atoms with E-state index in [0.717, 1.165) is 11.1 Å². The number of hydrogen-bond acceptors (Lipinski definition) is 7. The van der Waals surface area contributed by atoms with E-state index in [1.807, 2.05) is 31.2 Å². The van der Waals surface area contributed by atoms with Crippen molar-refractivity contribution in [2.45, 2.75) is 27.4 Å². The molecule has 0 N–H and O–H groups in total. The first-order chi connectivity index (χ1) is 16.2. The van der Waals surface area contributed by atoms with Crippen LogP contribution in [0.15, 0.2) is 40.9 Å². The van der Waals surface area contributed by atoms with Gasteiger partial charge in [-0.15, -0.1) is 0 Å². The van der Waals surface area contributed by atoms with Gasteiger partial charge in [0.05, 0.1) is 48.3 Å². The Morgan fingerprint density at radius 3 is 2.06 bits per heavy atom. The number of benzene rings is 2. The minimum atomic E-state index is -0.611. The lowest BCUT2D eigenvalue weighted by atomic mass is 9.92. The van der Waals surface area contributed by atoms with E-state index in [1.54, 1.807) is 26.0 Å². The second-order valence-corrected chi connectivity index (χ2v) is 8.51. The number of aryl methyl sites for hydroxylation is 3. The third-order valence-electron chi connectivity index (χ3n) is 5.32. The van der Waals surface area contributed by atoms with Crippen molar-refractivity contribution in [2.75, 3.05) is 21.3 Å². The van der Waals surface area contributed by atoms with Gasteiger partial charge in [0.1, 0.15) is 6.61 Å². The highest BCUT2D eigenvalue weighted by atomic mass is 79.9. The molecule has 0 fully saturated rings. The number of nitrogens with zero attached hydrogens (tertiary/aromatic N) is 1. The first-order valence-corrected chi connectivity index (χ1v) is 11.2. The molecular formula is C26H26BrNO6. The molecule has 0 unspecified atom stereocenters. The highest BCUT2D eigenvalue weighted by Crippen LogP contribution is 2.42. The Morgan fingerprint density at radius 1 is 0.912 bits per heavy atom. The average molecular weight is 528 g/mol. The number of carbonyl (C=O) groups excluding carboxylic acids is 2. The van der Waals surface area contributed by atoms with Crippen molar-refractivity contribution in [1.82, 2.24) is 4.98 Å². The van der Waals surface area contributed by atoms with E-state index in [9.17, 15) is 9.59 Å². The fourth-order valence-corrected chi connectivity index (χ4v) is 4.36. The third-order valence-corrected chi connectivity index (χ3v) is 5.91. The topological polar surface area (TPSA) is 84.0 Å². The second kappa shape index (κ2) is 10.7. The predicted octanol–water partition coefficient (Wildman–Crippen LogP) is 5.60. The van der Waals surface area contributed by atoms with E-state index in [-0.39, 0.29) is 11.1 Å². The molecule has 0 saturated carbocycles. The lowest BCUT2D eigenvalue weighted by molar-refractivity contribution is 0.0599. The predicted molar refractivity (Wildman–Crippen MR) is 132 cm³/mol. The van der Waals surface area contributed by atoms with Crippen molar-refractivity contribution in [3.63, 3.8) is 0 Å². The molecule has 3 aromatic rings. The summed E-state index contributed by atoms with van der Waals surface area (Å²) in [6.07, 6.45) is 0. The fourth-order valence-electron chi connectivity index (χ4n) is 3.80. The van der Waals surface area contributed by atoms with E-state index in [2.05, 4.69) is 20.9 Å². The van der Waals surface area contributed by atoms with Gasteiger partial charge in [-0.2, -0.15) is 0 Å². The molecule has 1 aromatic heterocycles. The van der Waals surface area contributed by atoms with Crippen LogP contribution in [-0.2, 0) is 16.1 Å². The largest absolute Gasteiger partial charge is 0.493 e. The zero-order valence-corrected chi connectivity index (χ0v) is 21.5. The standard InChI is InChI=1S/C26H26BrNO6/c1-14-8-7-9-17(10-14)13-34-24-19(27)11-18(12-20(24)31-4)23-21(25(29)32-5)15(2)28-16(3)22(23)26(30)33-6/h7-12H,13H2,1-6H3. The Balaban J connectivity index is 2.19. The van der Waals surface area contributed by atoms with Crippen LogP contribution in [0.25, 0.3) is 11.1 Å². The molecule has 2 aromatic carbocycles. The van der Waals surface area contributed by atoms with Crippen molar-refractivity contribution in [1.29, 1.82) is 0 Å². The maximum Gasteiger partial charge on any atom is 0.340 e.